The zero-order valence-electron chi connectivity index (χ0n) is 5.72. The standard InChI is InChI=1S/C4H5N5O3/c5-3-7-4(6)9(12)2(1-10)8(3)11/h11-12H,(H3,5,6,7). The minimum atomic E-state index is -0.701. The third-order valence-corrected chi connectivity index (χ3v) is 1.13. The molecule has 0 radical (unpaired) electrons. The van der Waals surface area contributed by atoms with Crippen LogP contribution in [0.5, 0.6) is 0 Å². The van der Waals surface area contributed by atoms with Crippen molar-refractivity contribution in [1.82, 2.24) is 10.1 Å². The fourth-order valence-electron chi connectivity index (χ4n) is 0.588. The van der Waals surface area contributed by atoms with Crippen LogP contribution in [0.4, 0.5) is 0 Å². The van der Waals surface area contributed by atoms with E-state index < -0.39 is 17.7 Å². The van der Waals surface area contributed by atoms with Crippen LogP contribution in [-0.2, 0) is 4.79 Å². The summed E-state index contributed by atoms with van der Waals surface area (Å²) in [5.41, 5.74) is 5.04. The van der Waals surface area contributed by atoms with Crippen LogP contribution in [0.15, 0.2) is 10.8 Å². The van der Waals surface area contributed by atoms with Gasteiger partial charge < -0.3 is 5.73 Å². The van der Waals surface area contributed by atoms with E-state index in [1.165, 1.54) is 5.94 Å². The van der Waals surface area contributed by atoms with Gasteiger partial charge in [-0.05, 0) is 0 Å². The highest BCUT2D eigenvalue weighted by Gasteiger charge is 2.27. The molecule has 0 spiro atoms. The predicted molar refractivity (Wildman–Crippen MR) is 35.8 cm³/mol. The van der Waals surface area contributed by atoms with Gasteiger partial charge in [0.15, 0.2) is 5.94 Å². The molecule has 64 valence electrons. The number of hydrogen-bond acceptors (Lipinski definition) is 6. The number of nitrogens with two attached hydrogens (primary N) is 1. The van der Waals surface area contributed by atoms with Crippen LogP contribution in [0.2, 0.25) is 0 Å². The molecular weight excluding hydrogens is 166 g/mol. The molecule has 0 saturated carbocycles. The molecule has 8 nitrogen and oxygen atoms in total. The Labute approximate surface area is 66.2 Å². The van der Waals surface area contributed by atoms with E-state index in [1.807, 2.05) is 0 Å². The van der Waals surface area contributed by atoms with E-state index in [0.717, 1.165) is 0 Å². The van der Waals surface area contributed by atoms with Gasteiger partial charge in [0.05, 0.1) is 0 Å². The molecule has 0 atom stereocenters. The molecule has 0 aliphatic carbocycles. The molecule has 0 bridgehead atoms. The lowest BCUT2D eigenvalue weighted by Gasteiger charge is -2.25. The fraction of sp³-hybridized carbons (Fsp3) is 0. The Kier molecular flexibility index (Phi) is 1.80. The lowest BCUT2D eigenvalue weighted by molar-refractivity contribution is -0.0803. The zero-order chi connectivity index (χ0) is 9.30. The van der Waals surface area contributed by atoms with Crippen LogP contribution >= 0.6 is 0 Å². The molecule has 8 heteroatoms. The van der Waals surface area contributed by atoms with Crippen LogP contribution in [-0.4, -0.2) is 38.4 Å². The lowest BCUT2D eigenvalue weighted by atomic mass is 10.6. The molecule has 0 aromatic heterocycles. The first kappa shape index (κ1) is 8.21. The molecule has 0 fully saturated rings. The molecule has 0 unspecified atom stereocenters. The largest absolute Gasteiger partial charge is 0.367 e. The maximum atomic E-state index is 10.1. The number of carbonyl (C=O) groups excluding carboxylic acids is 1. The molecule has 1 aliphatic rings. The van der Waals surface area contributed by atoms with Crippen LogP contribution in [0.25, 0.3) is 0 Å². The number of hydrogen-bond donors (Lipinski definition) is 4. The van der Waals surface area contributed by atoms with Crippen molar-refractivity contribution >= 4 is 17.9 Å². The minimum absolute atomic E-state index is 0.0450. The van der Waals surface area contributed by atoms with Crippen molar-refractivity contribution in [3.8, 4) is 0 Å². The Morgan fingerprint density at radius 1 is 1.50 bits per heavy atom. The predicted octanol–water partition coefficient (Wildman–Crippen LogP) is -1.70. The Morgan fingerprint density at radius 2 is 2.08 bits per heavy atom. The van der Waals surface area contributed by atoms with Crippen molar-refractivity contribution in [1.29, 1.82) is 5.41 Å². The average Bonchev–Trinajstić information content (AvgIpc) is 2.02. The summed E-state index contributed by atoms with van der Waals surface area (Å²) in [6, 6.07) is 0. The summed E-state index contributed by atoms with van der Waals surface area (Å²) >= 11 is 0. The maximum absolute atomic E-state index is 10.1. The van der Waals surface area contributed by atoms with Crippen molar-refractivity contribution in [2.24, 2.45) is 10.7 Å². The van der Waals surface area contributed by atoms with Gasteiger partial charge in [0, 0.05) is 0 Å². The van der Waals surface area contributed by atoms with Gasteiger partial charge in [0.1, 0.15) is 0 Å². The zero-order valence-corrected chi connectivity index (χ0v) is 5.72. The second-order valence-corrected chi connectivity index (χ2v) is 1.84. The third-order valence-electron chi connectivity index (χ3n) is 1.13. The van der Waals surface area contributed by atoms with E-state index in [2.05, 4.69) is 4.99 Å². The number of nitrogens with one attached hydrogen (secondary N) is 1. The van der Waals surface area contributed by atoms with Crippen molar-refractivity contribution in [3.63, 3.8) is 0 Å². The normalized spacial score (nSPS) is 17.7. The van der Waals surface area contributed by atoms with E-state index in [9.17, 15) is 4.79 Å². The molecule has 5 N–H and O–H groups in total. The molecule has 0 aromatic rings. The van der Waals surface area contributed by atoms with E-state index in [4.69, 9.17) is 21.6 Å². The van der Waals surface area contributed by atoms with Crippen molar-refractivity contribution in [2.45, 2.75) is 0 Å². The number of aliphatic imine (C=N–C) groups is 1. The molecule has 1 heterocycles. The summed E-state index contributed by atoms with van der Waals surface area (Å²) < 4.78 is 0. The van der Waals surface area contributed by atoms with Gasteiger partial charge in [-0.25, -0.2) is 4.79 Å². The van der Waals surface area contributed by atoms with Crippen molar-refractivity contribution in [3.05, 3.63) is 5.82 Å². The second-order valence-electron chi connectivity index (χ2n) is 1.84. The van der Waals surface area contributed by atoms with Crippen LogP contribution < -0.4 is 5.73 Å². The van der Waals surface area contributed by atoms with Crippen LogP contribution in [0, 0.1) is 5.41 Å². The number of nitrogens with zero attached hydrogens (tertiary/aromatic N) is 3. The van der Waals surface area contributed by atoms with Gasteiger partial charge >= 0.3 is 0 Å². The molecule has 1 rings (SSSR count). The van der Waals surface area contributed by atoms with Gasteiger partial charge in [-0.3, -0.25) is 15.8 Å². The summed E-state index contributed by atoms with van der Waals surface area (Å²) in [6.45, 7) is 0. The van der Waals surface area contributed by atoms with Crippen molar-refractivity contribution in [2.75, 3.05) is 0 Å². The Balaban J connectivity index is 3.17. The highest BCUT2D eigenvalue weighted by Crippen LogP contribution is 2.08. The SMILES string of the molecule is N=C1N=C(N)N(O)C(=C=O)N1O. The molecule has 1 aliphatic heterocycles. The summed E-state index contributed by atoms with van der Waals surface area (Å²) in [6.07, 6.45) is 0. The molecule has 0 amide bonds. The molecule has 0 saturated heterocycles. The first-order chi connectivity index (χ1) is 5.57. The molecule has 0 aromatic carbocycles. The van der Waals surface area contributed by atoms with Gasteiger partial charge in [-0.1, -0.05) is 0 Å². The molecule has 12 heavy (non-hydrogen) atoms. The highest BCUT2D eigenvalue weighted by molar-refractivity contribution is 5.97. The average molecular weight is 171 g/mol. The number of rotatable bonds is 0. The van der Waals surface area contributed by atoms with Crippen LogP contribution in [0.3, 0.4) is 0 Å². The van der Waals surface area contributed by atoms with Gasteiger partial charge in [0.2, 0.25) is 5.96 Å². The van der Waals surface area contributed by atoms with Gasteiger partial charge in [-0.15, -0.1) is 0 Å². The fourth-order valence-corrected chi connectivity index (χ4v) is 0.588. The maximum Gasteiger partial charge on any atom is 0.254 e. The second kappa shape index (κ2) is 2.62. The summed E-state index contributed by atoms with van der Waals surface area (Å²) in [7, 11) is 0. The minimum Gasteiger partial charge on any atom is -0.367 e. The summed E-state index contributed by atoms with van der Waals surface area (Å²) in [5, 5.41) is 24.9. The summed E-state index contributed by atoms with van der Waals surface area (Å²) in [5.74, 6) is -0.673. The Hall–Kier alpha value is -1.89. The van der Waals surface area contributed by atoms with Gasteiger partial charge in [-0.2, -0.15) is 15.1 Å². The van der Waals surface area contributed by atoms with Crippen molar-refractivity contribution < 1.29 is 15.2 Å². The number of hydroxylamine groups is 4. The van der Waals surface area contributed by atoms with E-state index in [1.54, 1.807) is 0 Å². The lowest BCUT2D eigenvalue weighted by Crippen LogP contribution is -2.47. The van der Waals surface area contributed by atoms with Crippen LogP contribution in [0.1, 0.15) is 0 Å². The number of guanidine groups is 2. The van der Waals surface area contributed by atoms with E-state index >= 15 is 0 Å². The first-order valence-corrected chi connectivity index (χ1v) is 2.73. The quantitative estimate of drug-likeness (QED) is 0.322. The van der Waals surface area contributed by atoms with E-state index in [0.29, 0.717) is 0 Å². The first-order valence-electron chi connectivity index (χ1n) is 2.73. The monoisotopic (exact) mass is 171 g/mol. The summed E-state index contributed by atoms with van der Waals surface area (Å²) in [4.78, 5) is 13.3. The third kappa shape index (κ3) is 1.01. The van der Waals surface area contributed by atoms with E-state index in [-0.39, 0.29) is 10.1 Å². The molecular formula is C4H5N5O3. The smallest absolute Gasteiger partial charge is 0.254 e. The Morgan fingerprint density at radius 3 is 2.58 bits per heavy atom. The topological polar surface area (TPSA) is 126 Å². The van der Waals surface area contributed by atoms with Gasteiger partial charge in [0.25, 0.3) is 11.8 Å². The Bertz CT molecular complexity index is 304. The highest BCUT2D eigenvalue weighted by atomic mass is 16.6.